The molecule has 0 spiro atoms. The van der Waals surface area contributed by atoms with E-state index in [1.165, 1.54) is 0 Å². The Balaban J connectivity index is 2.86. The standard InChI is InChI=1S/C12H17Cl2NO3S/c1-8(6-16)9(2)15-19(17,18)7-10-11(13)4-3-5-12(10)14/h3-5,8-9,15-16H,6-7H2,1-2H3. The van der Waals surface area contributed by atoms with Gasteiger partial charge in [0.05, 0.1) is 5.75 Å². The monoisotopic (exact) mass is 325 g/mol. The summed E-state index contributed by atoms with van der Waals surface area (Å²) < 4.78 is 26.6. The molecule has 0 fully saturated rings. The lowest BCUT2D eigenvalue weighted by atomic mass is 10.1. The number of sulfonamides is 1. The molecule has 0 aliphatic carbocycles. The highest BCUT2D eigenvalue weighted by atomic mass is 35.5. The normalized spacial score (nSPS) is 15.2. The van der Waals surface area contributed by atoms with Crippen LogP contribution in [0.15, 0.2) is 18.2 Å². The average Bonchev–Trinajstić information content (AvgIpc) is 2.32. The minimum atomic E-state index is -3.56. The Morgan fingerprint density at radius 2 is 1.79 bits per heavy atom. The summed E-state index contributed by atoms with van der Waals surface area (Å²) in [5, 5.41) is 9.64. The molecule has 108 valence electrons. The first-order valence-electron chi connectivity index (χ1n) is 5.80. The van der Waals surface area contributed by atoms with Crippen LogP contribution in [0.4, 0.5) is 0 Å². The molecule has 19 heavy (non-hydrogen) atoms. The number of rotatable bonds is 6. The van der Waals surface area contributed by atoms with Crippen molar-refractivity contribution in [3.63, 3.8) is 0 Å². The van der Waals surface area contributed by atoms with Crippen LogP contribution in [0.5, 0.6) is 0 Å². The third kappa shape index (κ3) is 4.93. The number of nitrogens with one attached hydrogen (secondary N) is 1. The van der Waals surface area contributed by atoms with E-state index in [0.717, 1.165) is 0 Å². The quantitative estimate of drug-likeness (QED) is 0.844. The summed E-state index contributed by atoms with van der Waals surface area (Å²) in [5.41, 5.74) is 0.377. The number of halogens is 2. The largest absolute Gasteiger partial charge is 0.396 e. The second-order valence-electron chi connectivity index (χ2n) is 4.53. The van der Waals surface area contributed by atoms with Gasteiger partial charge in [0.1, 0.15) is 0 Å². The molecule has 1 rings (SSSR count). The summed E-state index contributed by atoms with van der Waals surface area (Å²) in [6, 6.07) is 4.48. The number of aliphatic hydroxyl groups is 1. The lowest BCUT2D eigenvalue weighted by Crippen LogP contribution is -2.39. The maximum atomic E-state index is 12.0. The van der Waals surface area contributed by atoms with E-state index in [-0.39, 0.29) is 24.3 Å². The first kappa shape index (κ1) is 16.7. The van der Waals surface area contributed by atoms with Gasteiger partial charge in [-0.15, -0.1) is 0 Å². The maximum Gasteiger partial charge on any atom is 0.216 e. The molecular weight excluding hydrogens is 309 g/mol. The van der Waals surface area contributed by atoms with Crippen LogP contribution in [0.1, 0.15) is 19.4 Å². The maximum absolute atomic E-state index is 12.0. The molecule has 0 bridgehead atoms. The predicted molar refractivity (Wildman–Crippen MR) is 77.9 cm³/mol. The SMILES string of the molecule is CC(CO)C(C)NS(=O)(=O)Cc1c(Cl)cccc1Cl. The lowest BCUT2D eigenvalue weighted by Gasteiger charge is -2.19. The zero-order valence-corrected chi connectivity index (χ0v) is 13.1. The van der Waals surface area contributed by atoms with Crippen LogP contribution in [-0.2, 0) is 15.8 Å². The summed E-state index contributed by atoms with van der Waals surface area (Å²) >= 11 is 11.9. The van der Waals surface area contributed by atoms with Gasteiger partial charge in [-0.1, -0.05) is 36.2 Å². The highest BCUT2D eigenvalue weighted by molar-refractivity contribution is 7.88. The van der Waals surface area contributed by atoms with Crippen LogP contribution in [0.25, 0.3) is 0 Å². The van der Waals surface area contributed by atoms with Crippen LogP contribution in [0.2, 0.25) is 10.0 Å². The minimum Gasteiger partial charge on any atom is -0.396 e. The number of hydrogen-bond acceptors (Lipinski definition) is 3. The van der Waals surface area contributed by atoms with E-state index >= 15 is 0 Å². The van der Waals surface area contributed by atoms with Crippen LogP contribution in [-0.4, -0.2) is 26.2 Å². The molecule has 2 N–H and O–H groups in total. The number of hydrogen-bond donors (Lipinski definition) is 2. The Bertz CT molecular complexity index is 514. The van der Waals surface area contributed by atoms with E-state index in [4.69, 9.17) is 28.3 Å². The Labute approximate surface area is 123 Å². The summed E-state index contributed by atoms with van der Waals surface area (Å²) in [6.07, 6.45) is 0. The van der Waals surface area contributed by atoms with Crippen molar-refractivity contribution in [2.24, 2.45) is 5.92 Å². The molecule has 0 saturated heterocycles. The molecule has 0 amide bonds. The first-order valence-corrected chi connectivity index (χ1v) is 8.21. The first-order chi connectivity index (χ1) is 8.76. The zero-order chi connectivity index (χ0) is 14.6. The van der Waals surface area contributed by atoms with E-state index in [9.17, 15) is 8.42 Å². The van der Waals surface area contributed by atoms with Crippen LogP contribution < -0.4 is 4.72 Å². The number of benzene rings is 1. The van der Waals surface area contributed by atoms with E-state index in [0.29, 0.717) is 15.6 Å². The molecule has 1 aromatic rings. The molecule has 4 nitrogen and oxygen atoms in total. The van der Waals surface area contributed by atoms with Crippen molar-refractivity contribution in [2.45, 2.75) is 25.6 Å². The third-order valence-electron chi connectivity index (χ3n) is 2.90. The molecular formula is C12H17Cl2NO3S. The fourth-order valence-electron chi connectivity index (χ4n) is 1.46. The molecule has 0 saturated carbocycles. The highest BCUT2D eigenvalue weighted by Crippen LogP contribution is 2.26. The van der Waals surface area contributed by atoms with Gasteiger partial charge in [-0.2, -0.15) is 0 Å². The van der Waals surface area contributed by atoms with Crippen molar-refractivity contribution in [2.75, 3.05) is 6.61 Å². The van der Waals surface area contributed by atoms with Crippen molar-refractivity contribution in [3.05, 3.63) is 33.8 Å². The van der Waals surface area contributed by atoms with Gasteiger partial charge in [0.2, 0.25) is 10.0 Å². The zero-order valence-electron chi connectivity index (χ0n) is 10.7. The van der Waals surface area contributed by atoms with Gasteiger partial charge in [-0.05, 0) is 25.0 Å². The second-order valence-corrected chi connectivity index (χ2v) is 7.09. The Kier molecular flexibility index (Phi) is 6.08. The van der Waals surface area contributed by atoms with Gasteiger partial charge >= 0.3 is 0 Å². The molecule has 7 heteroatoms. The van der Waals surface area contributed by atoms with Crippen molar-refractivity contribution in [3.8, 4) is 0 Å². The lowest BCUT2D eigenvalue weighted by molar-refractivity contribution is 0.216. The Morgan fingerprint density at radius 1 is 1.26 bits per heavy atom. The van der Waals surface area contributed by atoms with Crippen molar-refractivity contribution >= 4 is 33.2 Å². The van der Waals surface area contributed by atoms with Crippen LogP contribution in [0.3, 0.4) is 0 Å². The summed E-state index contributed by atoms with van der Waals surface area (Å²) in [4.78, 5) is 0. The molecule has 2 atom stereocenters. The van der Waals surface area contributed by atoms with Gasteiger partial charge in [-0.3, -0.25) is 0 Å². The Hall–Kier alpha value is -0.330. The molecule has 1 aromatic carbocycles. The average molecular weight is 326 g/mol. The van der Waals surface area contributed by atoms with E-state index in [1.54, 1.807) is 32.0 Å². The van der Waals surface area contributed by atoms with Gasteiger partial charge in [0.25, 0.3) is 0 Å². The molecule has 2 unspecified atom stereocenters. The van der Waals surface area contributed by atoms with Crippen molar-refractivity contribution < 1.29 is 13.5 Å². The van der Waals surface area contributed by atoms with Crippen molar-refractivity contribution in [1.29, 1.82) is 0 Å². The van der Waals surface area contributed by atoms with Crippen LogP contribution in [0, 0.1) is 5.92 Å². The molecule has 0 aliphatic heterocycles. The van der Waals surface area contributed by atoms with Gasteiger partial charge in [0, 0.05) is 28.3 Å². The van der Waals surface area contributed by atoms with Gasteiger partial charge in [0.15, 0.2) is 0 Å². The molecule has 0 heterocycles. The van der Waals surface area contributed by atoms with E-state index in [1.807, 2.05) is 0 Å². The minimum absolute atomic E-state index is 0.0868. The summed E-state index contributed by atoms with van der Waals surface area (Å²) in [5.74, 6) is -0.454. The Morgan fingerprint density at radius 3 is 2.26 bits per heavy atom. The predicted octanol–water partition coefficient (Wildman–Crippen LogP) is 2.43. The highest BCUT2D eigenvalue weighted by Gasteiger charge is 2.21. The summed E-state index contributed by atoms with van der Waals surface area (Å²) in [7, 11) is -3.56. The van der Waals surface area contributed by atoms with Gasteiger partial charge < -0.3 is 5.11 Å². The third-order valence-corrected chi connectivity index (χ3v) is 5.01. The fourth-order valence-corrected chi connectivity index (χ4v) is 3.72. The van der Waals surface area contributed by atoms with E-state index < -0.39 is 10.0 Å². The second kappa shape index (κ2) is 6.90. The molecule has 0 aromatic heterocycles. The summed E-state index contributed by atoms with van der Waals surface area (Å²) in [6.45, 7) is 3.37. The fraction of sp³-hybridized carbons (Fsp3) is 0.500. The smallest absolute Gasteiger partial charge is 0.216 e. The van der Waals surface area contributed by atoms with Crippen molar-refractivity contribution in [1.82, 2.24) is 4.72 Å². The van der Waals surface area contributed by atoms with E-state index in [2.05, 4.69) is 4.72 Å². The topological polar surface area (TPSA) is 66.4 Å². The molecule has 0 aliphatic rings. The van der Waals surface area contributed by atoms with Gasteiger partial charge in [-0.25, -0.2) is 13.1 Å². The molecule has 0 radical (unpaired) electrons. The number of aliphatic hydroxyl groups excluding tert-OH is 1. The van der Waals surface area contributed by atoms with Crippen LogP contribution >= 0.6 is 23.2 Å².